The lowest BCUT2D eigenvalue weighted by Gasteiger charge is -2.26. The van der Waals surface area contributed by atoms with Crippen molar-refractivity contribution in [2.75, 3.05) is 16.2 Å². The molecule has 9 heteroatoms. The molecular formula is C25H26ClN3O4S. The van der Waals surface area contributed by atoms with Gasteiger partial charge in [-0.15, -0.1) is 0 Å². The molecule has 0 saturated carbocycles. The van der Waals surface area contributed by atoms with Crippen LogP contribution in [0.5, 0.6) is 0 Å². The van der Waals surface area contributed by atoms with Gasteiger partial charge in [0.2, 0.25) is 5.91 Å². The number of hydrogen-bond acceptors (Lipinski definition) is 4. The summed E-state index contributed by atoms with van der Waals surface area (Å²) in [6, 6.07) is 19.2. The Kier molecular flexibility index (Phi) is 7.96. The second kappa shape index (κ2) is 10.7. The fraction of sp³-hybridized carbons (Fsp3) is 0.200. The first-order valence-electron chi connectivity index (χ1n) is 10.6. The summed E-state index contributed by atoms with van der Waals surface area (Å²) in [4.78, 5) is 25.7. The van der Waals surface area contributed by atoms with Crippen molar-refractivity contribution in [1.82, 2.24) is 5.32 Å². The summed E-state index contributed by atoms with van der Waals surface area (Å²) in [5, 5.41) is 5.81. The van der Waals surface area contributed by atoms with Gasteiger partial charge in [0.15, 0.2) is 0 Å². The van der Waals surface area contributed by atoms with Crippen LogP contribution >= 0.6 is 11.6 Å². The second-order valence-corrected chi connectivity index (χ2v) is 10.3. The third-order valence-electron chi connectivity index (χ3n) is 4.92. The molecule has 0 aliphatic carbocycles. The molecule has 2 amide bonds. The molecule has 2 N–H and O–H groups in total. The van der Waals surface area contributed by atoms with Crippen LogP contribution in [0.2, 0.25) is 5.02 Å². The van der Waals surface area contributed by atoms with Crippen molar-refractivity contribution >= 4 is 44.8 Å². The number of para-hydroxylation sites is 1. The highest BCUT2D eigenvalue weighted by Crippen LogP contribution is 2.29. The van der Waals surface area contributed by atoms with E-state index in [2.05, 4.69) is 10.6 Å². The van der Waals surface area contributed by atoms with Crippen molar-refractivity contribution in [2.45, 2.75) is 31.7 Å². The Morgan fingerprint density at radius 1 is 0.971 bits per heavy atom. The number of carbonyl (C=O) groups excluding carboxylic acids is 2. The maximum atomic E-state index is 13.5. The number of anilines is 2. The zero-order valence-electron chi connectivity index (χ0n) is 19.1. The normalized spacial score (nSPS) is 11.2. The largest absolute Gasteiger partial charge is 0.350 e. The highest BCUT2D eigenvalue weighted by molar-refractivity contribution is 7.92. The number of halogens is 1. The van der Waals surface area contributed by atoms with Gasteiger partial charge in [0.1, 0.15) is 6.54 Å². The van der Waals surface area contributed by atoms with E-state index >= 15 is 0 Å². The fourth-order valence-corrected chi connectivity index (χ4v) is 4.99. The minimum absolute atomic E-state index is 0.0406. The third kappa shape index (κ3) is 5.95. The molecule has 0 saturated heterocycles. The number of rotatable bonds is 8. The number of aryl methyl sites for hydroxylation is 1. The minimum atomic E-state index is -4.09. The van der Waals surface area contributed by atoms with Crippen LogP contribution in [0.15, 0.2) is 77.7 Å². The summed E-state index contributed by atoms with van der Waals surface area (Å²) in [7, 11) is -4.09. The van der Waals surface area contributed by atoms with Crippen molar-refractivity contribution in [3.05, 3.63) is 88.9 Å². The zero-order valence-corrected chi connectivity index (χ0v) is 20.7. The topological polar surface area (TPSA) is 95.6 Å². The molecule has 0 unspecified atom stereocenters. The SMILES string of the molecule is Cc1ccc(Cl)cc1N(CC(=O)Nc1ccccc1C(=O)NC(C)C)S(=O)(=O)c1ccccc1. The van der Waals surface area contributed by atoms with Gasteiger partial charge in [0, 0.05) is 11.1 Å². The minimum Gasteiger partial charge on any atom is -0.350 e. The van der Waals surface area contributed by atoms with Gasteiger partial charge in [-0.2, -0.15) is 0 Å². The zero-order chi connectivity index (χ0) is 24.9. The average molecular weight is 500 g/mol. The van der Waals surface area contributed by atoms with Crippen LogP contribution in [0.4, 0.5) is 11.4 Å². The highest BCUT2D eigenvalue weighted by Gasteiger charge is 2.29. The summed E-state index contributed by atoms with van der Waals surface area (Å²) in [5.41, 5.74) is 1.48. The molecule has 0 aliphatic rings. The molecule has 0 fully saturated rings. The molecule has 0 spiro atoms. The van der Waals surface area contributed by atoms with E-state index in [0.717, 1.165) is 4.31 Å². The van der Waals surface area contributed by atoms with Crippen LogP contribution in [-0.4, -0.2) is 32.8 Å². The van der Waals surface area contributed by atoms with Crippen LogP contribution in [-0.2, 0) is 14.8 Å². The first-order valence-corrected chi connectivity index (χ1v) is 12.4. The number of nitrogens with one attached hydrogen (secondary N) is 2. The summed E-state index contributed by atoms with van der Waals surface area (Å²) in [6.45, 7) is 4.89. The van der Waals surface area contributed by atoms with Crippen molar-refractivity contribution in [3.8, 4) is 0 Å². The lowest BCUT2D eigenvalue weighted by Crippen LogP contribution is -2.39. The van der Waals surface area contributed by atoms with Crippen LogP contribution in [0, 0.1) is 6.92 Å². The number of amides is 2. The molecule has 3 aromatic rings. The average Bonchev–Trinajstić information content (AvgIpc) is 2.79. The molecule has 0 radical (unpaired) electrons. The van der Waals surface area contributed by atoms with E-state index < -0.39 is 22.5 Å². The highest BCUT2D eigenvalue weighted by atomic mass is 35.5. The van der Waals surface area contributed by atoms with Crippen molar-refractivity contribution < 1.29 is 18.0 Å². The summed E-state index contributed by atoms with van der Waals surface area (Å²) < 4.78 is 28.1. The molecule has 0 bridgehead atoms. The standard InChI is InChI=1S/C25H26ClN3O4S/c1-17(2)27-25(31)21-11-7-8-12-22(21)28-24(30)16-29(23-15-19(26)14-13-18(23)3)34(32,33)20-9-5-4-6-10-20/h4-15,17H,16H2,1-3H3,(H,27,31)(H,28,30). The number of hydrogen-bond donors (Lipinski definition) is 2. The van der Waals surface area contributed by atoms with Crippen LogP contribution in [0.3, 0.4) is 0 Å². The Morgan fingerprint density at radius 2 is 1.62 bits per heavy atom. The summed E-state index contributed by atoms with van der Waals surface area (Å²) in [5.74, 6) is -0.950. The van der Waals surface area contributed by atoms with E-state index in [9.17, 15) is 18.0 Å². The van der Waals surface area contributed by atoms with E-state index in [0.29, 0.717) is 10.6 Å². The summed E-state index contributed by atoms with van der Waals surface area (Å²) >= 11 is 6.15. The van der Waals surface area contributed by atoms with E-state index in [4.69, 9.17) is 11.6 Å². The van der Waals surface area contributed by atoms with Gasteiger partial charge in [-0.25, -0.2) is 8.42 Å². The van der Waals surface area contributed by atoms with Gasteiger partial charge in [-0.05, 0) is 62.7 Å². The van der Waals surface area contributed by atoms with E-state index in [1.807, 2.05) is 13.8 Å². The predicted molar refractivity (Wildman–Crippen MR) is 135 cm³/mol. The molecule has 0 atom stereocenters. The molecule has 7 nitrogen and oxygen atoms in total. The molecule has 0 heterocycles. The Bertz CT molecular complexity index is 1290. The van der Waals surface area contributed by atoms with Crippen molar-refractivity contribution in [2.24, 2.45) is 0 Å². The first kappa shape index (κ1) is 25.3. The Morgan fingerprint density at radius 3 is 2.29 bits per heavy atom. The van der Waals surface area contributed by atoms with Gasteiger partial charge in [0.25, 0.3) is 15.9 Å². The van der Waals surface area contributed by atoms with Gasteiger partial charge in [0.05, 0.1) is 21.8 Å². The lowest BCUT2D eigenvalue weighted by atomic mass is 10.1. The Balaban J connectivity index is 1.97. The predicted octanol–water partition coefficient (Wildman–Crippen LogP) is 4.62. The molecule has 178 valence electrons. The van der Waals surface area contributed by atoms with Gasteiger partial charge in [-0.3, -0.25) is 13.9 Å². The number of carbonyl (C=O) groups is 2. The third-order valence-corrected chi connectivity index (χ3v) is 6.93. The van der Waals surface area contributed by atoms with Gasteiger partial charge in [-0.1, -0.05) is 48.0 Å². The monoisotopic (exact) mass is 499 g/mol. The van der Waals surface area contributed by atoms with Crippen LogP contribution < -0.4 is 14.9 Å². The molecule has 0 aliphatic heterocycles. The van der Waals surface area contributed by atoms with E-state index in [1.165, 1.54) is 18.2 Å². The molecular weight excluding hydrogens is 474 g/mol. The number of benzene rings is 3. The van der Waals surface area contributed by atoms with Crippen molar-refractivity contribution in [1.29, 1.82) is 0 Å². The molecule has 3 aromatic carbocycles. The Labute approximate surface area is 204 Å². The molecule has 0 aromatic heterocycles. The first-order chi connectivity index (χ1) is 16.1. The number of nitrogens with zero attached hydrogens (tertiary/aromatic N) is 1. The molecule has 34 heavy (non-hydrogen) atoms. The molecule has 3 rings (SSSR count). The summed E-state index contributed by atoms with van der Waals surface area (Å²) in [6.07, 6.45) is 0. The van der Waals surface area contributed by atoms with Crippen LogP contribution in [0.1, 0.15) is 29.8 Å². The quantitative estimate of drug-likeness (QED) is 0.472. The maximum Gasteiger partial charge on any atom is 0.264 e. The smallest absolute Gasteiger partial charge is 0.264 e. The van der Waals surface area contributed by atoms with Gasteiger partial charge >= 0.3 is 0 Å². The van der Waals surface area contributed by atoms with E-state index in [-0.39, 0.29) is 33.8 Å². The van der Waals surface area contributed by atoms with E-state index in [1.54, 1.807) is 61.5 Å². The maximum absolute atomic E-state index is 13.5. The Hall–Kier alpha value is -3.36. The fourth-order valence-electron chi connectivity index (χ4n) is 3.32. The van der Waals surface area contributed by atoms with Crippen molar-refractivity contribution in [3.63, 3.8) is 0 Å². The van der Waals surface area contributed by atoms with Gasteiger partial charge < -0.3 is 10.6 Å². The number of sulfonamides is 1. The lowest BCUT2D eigenvalue weighted by molar-refractivity contribution is -0.114. The van der Waals surface area contributed by atoms with Crippen LogP contribution in [0.25, 0.3) is 0 Å². The second-order valence-electron chi connectivity index (χ2n) is 7.98.